The summed E-state index contributed by atoms with van der Waals surface area (Å²) in [6.07, 6.45) is 1.78. The molecule has 1 saturated heterocycles. The van der Waals surface area contributed by atoms with Crippen LogP contribution in [0.25, 0.3) is 0 Å². The first-order chi connectivity index (χ1) is 17.4. The fraction of sp³-hybridized carbons (Fsp3) is 0.346. The van der Waals surface area contributed by atoms with E-state index in [2.05, 4.69) is 25.4 Å². The summed E-state index contributed by atoms with van der Waals surface area (Å²) in [5.74, 6) is -0.0279. The smallest absolute Gasteiger partial charge is 0.413 e. The van der Waals surface area contributed by atoms with Crippen molar-refractivity contribution in [2.45, 2.75) is 31.3 Å². The van der Waals surface area contributed by atoms with Crippen molar-refractivity contribution in [3.8, 4) is 0 Å². The molecule has 1 amide bonds. The summed E-state index contributed by atoms with van der Waals surface area (Å²) in [7, 11) is 0. The number of carboxylic acids is 1. The van der Waals surface area contributed by atoms with Crippen LogP contribution in [0.4, 0.5) is 22.2 Å². The van der Waals surface area contributed by atoms with E-state index in [1.54, 1.807) is 0 Å². The summed E-state index contributed by atoms with van der Waals surface area (Å²) >= 11 is 0. The molecule has 2 N–H and O–H groups in total. The largest absolute Gasteiger partial charge is 0.481 e. The van der Waals surface area contributed by atoms with Gasteiger partial charge in [0.2, 0.25) is 5.95 Å². The first-order valence-corrected chi connectivity index (χ1v) is 12.0. The number of carboxylic acid groups (broad SMARTS) is 1. The van der Waals surface area contributed by atoms with Gasteiger partial charge in [-0.3, -0.25) is 10.1 Å². The lowest BCUT2D eigenvalue weighted by molar-refractivity contribution is -0.140. The highest BCUT2D eigenvalue weighted by Crippen LogP contribution is 2.48. The van der Waals surface area contributed by atoms with Crippen molar-refractivity contribution in [3.05, 3.63) is 71.9 Å². The topological polar surface area (TPSA) is 121 Å². The molecule has 0 spiro atoms. The number of hydrogen-bond acceptors (Lipinski definition) is 8. The number of amides is 1. The van der Waals surface area contributed by atoms with Crippen LogP contribution in [0.1, 0.15) is 37.0 Å². The van der Waals surface area contributed by atoms with Crippen molar-refractivity contribution in [1.29, 1.82) is 0 Å². The molecule has 10 heteroatoms. The number of piperazine rings is 1. The predicted molar refractivity (Wildman–Crippen MR) is 134 cm³/mol. The van der Waals surface area contributed by atoms with E-state index in [0.29, 0.717) is 31.9 Å². The number of nitrogens with zero attached hydrogens (tertiary/aromatic N) is 5. The third-order valence-corrected chi connectivity index (χ3v) is 6.84. The molecular weight excluding hydrogens is 460 g/mol. The first kappa shape index (κ1) is 23.5. The van der Waals surface area contributed by atoms with Gasteiger partial charge in [0.1, 0.15) is 6.10 Å². The molecule has 3 aromatic rings. The number of hydrogen-bond donors (Lipinski definition) is 2. The predicted octanol–water partition coefficient (Wildman–Crippen LogP) is 3.62. The number of carbonyl (C=O) groups excluding carboxylic acids is 1. The summed E-state index contributed by atoms with van der Waals surface area (Å²) in [5.41, 5.74) is 2.14. The summed E-state index contributed by atoms with van der Waals surface area (Å²) in [6, 6.07) is 17.4. The van der Waals surface area contributed by atoms with Crippen LogP contribution in [-0.4, -0.2) is 58.5 Å². The second-order valence-electron chi connectivity index (χ2n) is 9.13. The summed E-state index contributed by atoms with van der Waals surface area (Å²) in [6.45, 7) is 4.67. The first-order valence-electron chi connectivity index (χ1n) is 12.0. The van der Waals surface area contributed by atoms with Crippen molar-refractivity contribution < 1.29 is 19.4 Å². The molecule has 1 atom stereocenters. The Hall–Kier alpha value is -4.21. The molecule has 2 aliphatic rings. The molecule has 36 heavy (non-hydrogen) atoms. The minimum atomic E-state index is -0.742. The quantitative estimate of drug-likeness (QED) is 0.513. The number of aromatic nitrogens is 3. The van der Waals surface area contributed by atoms with E-state index in [4.69, 9.17) is 4.74 Å². The van der Waals surface area contributed by atoms with Crippen LogP contribution in [0.15, 0.2) is 60.8 Å². The number of benzene rings is 2. The normalized spacial score (nSPS) is 17.2. The van der Waals surface area contributed by atoms with Crippen LogP contribution in [0.2, 0.25) is 0 Å². The molecule has 1 saturated carbocycles. The zero-order valence-electron chi connectivity index (χ0n) is 20.0. The van der Waals surface area contributed by atoms with Gasteiger partial charge in [0, 0.05) is 31.9 Å². The fourth-order valence-corrected chi connectivity index (χ4v) is 4.48. The van der Waals surface area contributed by atoms with Crippen LogP contribution >= 0.6 is 0 Å². The number of carbonyl (C=O) groups is 2. The molecule has 5 rings (SSSR count). The van der Waals surface area contributed by atoms with Crippen molar-refractivity contribution >= 4 is 29.5 Å². The van der Waals surface area contributed by atoms with Crippen molar-refractivity contribution in [2.75, 3.05) is 41.3 Å². The zero-order chi connectivity index (χ0) is 25.1. The Bertz CT molecular complexity index is 1220. The summed E-state index contributed by atoms with van der Waals surface area (Å²) in [5, 5.41) is 20.3. The molecule has 2 heterocycles. The van der Waals surface area contributed by atoms with Crippen LogP contribution in [-0.2, 0) is 14.9 Å². The highest BCUT2D eigenvalue weighted by atomic mass is 16.6. The molecule has 1 aliphatic carbocycles. The lowest BCUT2D eigenvalue weighted by atomic mass is 9.96. The maximum atomic E-state index is 12.3. The molecule has 1 unspecified atom stereocenters. The van der Waals surface area contributed by atoms with Crippen LogP contribution in [0.5, 0.6) is 0 Å². The third-order valence-electron chi connectivity index (χ3n) is 6.84. The third kappa shape index (κ3) is 4.93. The number of nitrogens with one attached hydrogen (secondary N) is 1. The fourth-order valence-electron chi connectivity index (χ4n) is 4.48. The summed E-state index contributed by atoms with van der Waals surface area (Å²) in [4.78, 5) is 32.6. The van der Waals surface area contributed by atoms with Gasteiger partial charge >= 0.3 is 12.1 Å². The molecule has 186 valence electrons. The Morgan fingerprint density at radius 2 is 1.67 bits per heavy atom. The summed E-state index contributed by atoms with van der Waals surface area (Å²) < 4.78 is 5.44. The van der Waals surface area contributed by atoms with Gasteiger partial charge in [-0.25, -0.2) is 4.79 Å². The van der Waals surface area contributed by atoms with Gasteiger partial charge in [0.15, 0.2) is 5.82 Å². The van der Waals surface area contributed by atoms with Gasteiger partial charge in [-0.1, -0.05) is 42.5 Å². The molecule has 2 fully saturated rings. The maximum absolute atomic E-state index is 12.3. The number of rotatable bonds is 7. The van der Waals surface area contributed by atoms with E-state index in [-0.39, 0.29) is 5.82 Å². The Labute approximate surface area is 208 Å². The van der Waals surface area contributed by atoms with Gasteiger partial charge in [-0.05, 0) is 43.0 Å². The SMILES string of the molecule is CC(OC(=O)Nc1cnnc(N2CCN(c3ccc(C4(C(=O)O)CC4)cc3)CC2)n1)c1ccccc1. The number of ether oxygens (including phenoxy) is 1. The minimum absolute atomic E-state index is 0.274. The standard InChI is InChI=1S/C26H28N6O4/c1-18(19-5-3-2-4-6-19)36-25(35)29-22-17-27-30-24(28-22)32-15-13-31(14-16-32)21-9-7-20(8-10-21)26(11-12-26)23(33)34/h2-10,17-18H,11-16H2,1H3,(H,33,34)(H,28,29,30,35). The molecule has 0 bridgehead atoms. The maximum Gasteiger partial charge on any atom is 0.413 e. The van der Waals surface area contributed by atoms with E-state index in [1.807, 2.05) is 66.4 Å². The van der Waals surface area contributed by atoms with Crippen molar-refractivity contribution in [3.63, 3.8) is 0 Å². The molecule has 2 aromatic carbocycles. The zero-order valence-corrected chi connectivity index (χ0v) is 20.0. The average Bonchev–Trinajstić information content (AvgIpc) is 3.72. The monoisotopic (exact) mass is 488 g/mol. The molecule has 1 aromatic heterocycles. The van der Waals surface area contributed by atoms with Gasteiger partial charge < -0.3 is 19.6 Å². The van der Waals surface area contributed by atoms with Crippen molar-refractivity contribution in [1.82, 2.24) is 15.2 Å². The molecular formula is C26H28N6O4. The lowest BCUT2D eigenvalue weighted by Gasteiger charge is -2.36. The molecule has 10 nitrogen and oxygen atoms in total. The Morgan fingerprint density at radius 3 is 2.31 bits per heavy atom. The second kappa shape index (κ2) is 9.80. The number of anilines is 3. The van der Waals surface area contributed by atoms with Gasteiger partial charge in [-0.15, -0.1) is 5.10 Å². The number of aliphatic carboxylic acids is 1. The Morgan fingerprint density at radius 1 is 1.00 bits per heavy atom. The van der Waals surface area contributed by atoms with E-state index in [9.17, 15) is 14.7 Å². The van der Waals surface area contributed by atoms with Crippen molar-refractivity contribution in [2.24, 2.45) is 0 Å². The van der Waals surface area contributed by atoms with E-state index < -0.39 is 23.6 Å². The van der Waals surface area contributed by atoms with Crippen LogP contribution in [0.3, 0.4) is 0 Å². The second-order valence-corrected chi connectivity index (χ2v) is 9.13. The Kier molecular flexibility index (Phi) is 6.41. The molecule has 1 aliphatic heterocycles. The van der Waals surface area contributed by atoms with Gasteiger partial charge in [-0.2, -0.15) is 10.1 Å². The average molecular weight is 489 g/mol. The lowest BCUT2D eigenvalue weighted by Crippen LogP contribution is -2.47. The minimum Gasteiger partial charge on any atom is -0.481 e. The highest BCUT2D eigenvalue weighted by molar-refractivity contribution is 5.85. The van der Waals surface area contributed by atoms with Gasteiger partial charge in [0.25, 0.3) is 0 Å². The van der Waals surface area contributed by atoms with Crippen LogP contribution < -0.4 is 15.1 Å². The molecule has 0 radical (unpaired) electrons. The van der Waals surface area contributed by atoms with E-state index in [1.165, 1.54) is 6.20 Å². The van der Waals surface area contributed by atoms with E-state index >= 15 is 0 Å². The Balaban J connectivity index is 1.15. The van der Waals surface area contributed by atoms with Gasteiger partial charge in [0.05, 0.1) is 11.6 Å². The van der Waals surface area contributed by atoms with E-state index in [0.717, 1.165) is 29.9 Å². The highest BCUT2D eigenvalue weighted by Gasteiger charge is 2.51. The van der Waals surface area contributed by atoms with Crippen LogP contribution in [0, 0.1) is 0 Å².